The Morgan fingerprint density at radius 2 is 2.33 bits per heavy atom. The third kappa shape index (κ3) is 2.11. The number of thiocarbonyl (C=S) groups is 1. The molecule has 12 heavy (non-hydrogen) atoms. The Balaban J connectivity index is 3.11. The molecule has 0 saturated heterocycles. The van der Waals surface area contributed by atoms with Crippen LogP contribution in [-0.4, -0.2) is 5.16 Å². The first kappa shape index (κ1) is 9.33. The fourth-order valence-electron chi connectivity index (χ4n) is 0.773. The average Bonchev–Trinajstić information content (AvgIpc) is 2.09. The molecule has 0 aliphatic heterocycles. The summed E-state index contributed by atoms with van der Waals surface area (Å²) >= 11 is 10.1. The summed E-state index contributed by atoms with van der Waals surface area (Å²) in [5, 5.41) is 2.58. The van der Waals surface area contributed by atoms with Gasteiger partial charge in [-0.1, -0.05) is 17.7 Å². The number of benzene rings is 1. The second-order valence-corrected chi connectivity index (χ2v) is 2.71. The minimum absolute atomic E-state index is 0.391. The van der Waals surface area contributed by atoms with Gasteiger partial charge in [0.15, 0.2) is 0 Å². The van der Waals surface area contributed by atoms with Crippen LogP contribution < -0.4 is 0 Å². The van der Waals surface area contributed by atoms with Crippen molar-refractivity contribution in [1.82, 2.24) is 0 Å². The molecule has 0 bridgehead atoms. The van der Waals surface area contributed by atoms with E-state index in [1.807, 2.05) is 0 Å². The molecule has 0 fully saturated rings. The van der Waals surface area contributed by atoms with Gasteiger partial charge >= 0.3 is 0 Å². The van der Waals surface area contributed by atoms with Crippen LogP contribution in [0.4, 0.5) is 10.1 Å². The van der Waals surface area contributed by atoms with E-state index in [2.05, 4.69) is 22.4 Å². The summed E-state index contributed by atoms with van der Waals surface area (Å²) in [6, 6.07) is 4.74. The third-order valence-corrected chi connectivity index (χ3v) is 1.73. The fourth-order valence-corrected chi connectivity index (χ4v) is 1.12. The Morgan fingerprint density at radius 3 is 2.83 bits per heavy atom. The molecule has 1 aromatic rings. The second-order valence-electron chi connectivity index (χ2n) is 2.12. The molecule has 0 saturated carbocycles. The summed E-state index contributed by atoms with van der Waals surface area (Å²) in [7, 11) is 0. The summed E-state index contributed by atoms with van der Waals surface area (Å²) in [6.07, 6.45) is 0. The van der Waals surface area contributed by atoms with Crippen molar-refractivity contribution < 1.29 is 4.39 Å². The van der Waals surface area contributed by atoms with E-state index in [9.17, 15) is 4.39 Å². The highest BCUT2D eigenvalue weighted by Gasteiger charge is 1.99. The topological polar surface area (TPSA) is 12.4 Å². The van der Waals surface area contributed by atoms with Crippen LogP contribution in [0.5, 0.6) is 0 Å². The van der Waals surface area contributed by atoms with Gasteiger partial charge in [-0.15, -0.1) is 0 Å². The van der Waals surface area contributed by atoms with Crippen molar-refractivity contribution >= 4 is 34.7 Å². The largest absolute Gasteiger partial charge is 0.246 e. The average molecular weight is 201 g/mol. The Bertz CT molecular complexity index is 334. The van der Waals surface area contributed by atoms with Crippen LogP contribution in [0, 0.1) is 0 Å². The van der Waals surface area contributed by atoms with Crippen molar-refractivity contribution in [3.63, 3.8) is 0 Å². The van der Waals surface area contributed by atoms with E-state index in [1.165, 1.54) is 6.07 Å². The van der Waals surface area contributed by atoms with Gasteiger partial charge in [0.2, 0.25) is 0 Å². The van der Waals surface area contributed by atoms with Gasteiger partial charge in [0.05, 0.1) is 15.9 Å². The van der Waals surface area contributed by atoms with Gasteiger partial charge < -0.3 is 0 Å². The summed E-state index contributed by atoms with van der Waals surface area (Å²) < 4.78 is 12.1. The highest BCUT2D eigenvalue weighted by atomic mass is 35.5. The Kier molecular flexibility index (Phi) is 3.35. The SMILES string of the molecule is [18F]Cc1ccc(N=C=S)c(Cl)c1. The minimum Gasteiger partial charge on any atom is -0.246 e. The Labute approximate surface area is 79.9 Å². The van der Waals surface area contributed by atoms with E-state index in [1.54, 1.807) is 12.1 Å². The molecule has 0 aromatic heterocycles. The number of aliphatic imine (C=N–C) groups is 1. The molecule has 1 nitrogen and oxygen atoms in total. The van der Waals surface area contributed by atoms with E-state index < -0.39 is 6.67 Å². The lowest BCUT2D eigenvalue weighted by molar-refractivity contribution is 0.485. The smallest absolute Gasteiger partial charge is 0.115 e. The molecule has 0 unspecified atom stereocenters. The van der Waals surface area contributed by atoms with Crippen molar-refractivity contribution in [2.75, 3.05) is 0 Å². The molecule has 62 valence electrons. The number of hydrogen-bond donors (Lipinski definition) is 0. The standard InChI is InChI=1S/C8H5ClFNS/c9-7-3-6(4-10)1-2-8(7)11-5-12/h1-3H,4H2/i10-1. The first-order valence-corrected chi connectivity index (χ1v) is 3.99. The van der Waals surface area contributed by atoms with Gasteiger partial charge in [0, 0.05) is 0 Å². The maximum Gasteiger partial charge on any atom is 0.115 e. The van der Waals surface area contributed by atoms with E-state index in [0.717, 1.165) is 0 Å². The van der Waals surface area contributed by atoms with E-state index >= 15 is 0 Å². The lowest BCUT2D eigenvalue weighted by Gasteiger charge is -1.97. The molecule has 0 radical (unpaired) electrons. The maximum atomic E-state index is 12.1. The van der Waals surface area contributed by atoms with Gasteiger partial charge in [-0.05, 0) is 29.9 Å². The van der Waals surface area contributed by atoms with Crippen LogP contribution in [-0.2, 0) is 6.67 Å². The van der Waals surface area contributed by atoms with Gasteiger partial charge in [-0.3, -0.25) is 0 Å². The van der Waals surface area contributed by atoms with Crippen molar-refractivity contribution in [3.05, 3.63) is 28.8 Å². The Hall–Kier alpha value is -0.760. The molecule has 0 amide bonds. The molecule has 0 N–H and O–H groups in total. The molecular formula is C8H5ClFNS. The molecular weight excluding hydrogens is 196 g/mol. The minimum atomic E-state index is -0.526. The fraction of sp³-hybridized carbons (Fsp3) is 0.125. The molecule has 0 aliphatic rings. The molecule has 1 aromatic carbocycles. The zero-order valence-electron chi connectivity index (χ0n) is 6.05. The van der Waals surface area contributed by atoms with Gasteiger partial charge in [0.25, 0.3) is 0 Å². The van der Waals surface area contributed by atoms with E-state index in [4.69, 9.17) is 11.6 Å². The molecule has 1 rings (SSSR count). The lowest BCUT2D eigenvalue weighted by Crippen LogP contribution is -1.77. The van der Waals surface area contributed by atoms with Gasteiger partial charge in [-0.25, -0.2) is 4.39 Å². The third-order valence-electron chi connectivity index (χ3n) is 1.33. The molecule has 0 spiro atoms. The predicted molar refractivity (Wildman–Crippen MR) is 51.0 cm³/mol. The monoisotopic (exact) mass is 200 g/mol. The number of hydrogen-bond acceptors (Lipinski definition) is 2. The molecule has 0 aliphatic carbocycles. The van der Waals surface area contributed by atoms with E-state index in [-0.39, 0.29) is 0 Å². The van der Waals surface area contributed by atoms with Crippen LogP contribution in [0.25, 0.3) is 0 Å². The lowest BCUT2D eigenvalue weighted by atomic mass is 10.2. The van der Waals surface area contributed by atoms with Crippen LogP contribution in [0.15, 0.2) is 23.2 Å². The first-order chi connectivity index (χ1) is 5.77. The molecule has 0 heterocycles. The van der Waals surface area contributed by atoms with Crippen LogP contribution in [0.2, 0.25) is 5.02 Å². The summed E-state index contributed by atoms with van der Waals surface area (Å²) in [5.41, 5.74) is 1.05. The van der Waals surface area contributed by atoms with Gasteiger partial charge in [-0.2, -0.15) is 4.99 Å². The molecule has 0 atom stereocenters. The van der Waals surface area contributed by atoms with Crippen LogP contribution >= 0.6 is 23.8 Å². The zero-order valence-corrected chi connectivity index (χ0v) is 7.62. The zero-order chi connectivity index (χ0) is 8.97. The summed E-state index contributed by atoms with van der Waals surface area (Å²) in [6.45, 7) is -0.526. The Morgan fingerprint density at radius 1 is 1.58 bits per heavy atom. The quantitative estimate of drug-likeness (QED) is 0.526. The second kappa shape index (κ2) is 4.31. The van der Waals surface area contributed by atoms with E-state index in [0.29, 0.717) is 16.3 Å². The first-order valence-electron chi connectivity index (χ1n) is 3.20. The molecule has 4 heteroatoms. The van der Waals surface area contributed by atoms with Crippen LogP contribution in [0.3, 0.4) is 0 Å². The highest BCUT2D eigenvalue weighted by Crippen LogP contribution is 2.25. The number of isothiocyanates is 1. The van der Waals surface area contributed by atoms with Crippen molar-refractivity contribution in [2.45, 2.75) is 6.67 Å². The van der Waals surface area contributed by atoms with Crippen LogP contribution in [0.1, 0.15) is 5.56 Å². The van der Waals surface area contributed by atoms with Crippen molar-refractivity contribution in [1.29, 1.82) is 0 Å². The highest BCUT2D eigenvalue weighted by molar-refractivity contribution is 7.78. The summed E-state index contributed by atoms with van der Waals surface area (Å²) in [4.78, 5) is 3.69. The number of nitrogens with zero attached hydrogens (tertiary/aromatic N) is 1. The number of alkyl halides is 1. The maximum absolute atomic E-state index is 12.1. The van der Waals surface area contributed by atoms with Crippen molar-refractivity contribution in [2.24, 2.45) is 4.99 Å². The normalized spacial score (nSPS) is 9.17. The number of halogens is 2. The predicted octanol–water partition coefficient (Wildman–Crippen LogP) is 3.54. The summed E-state index contributed by atoms with van der Waals surface area (Å²) in [5.74, 6) is 0. The number of rotatable bonds is 2. The van der Waals surface area contributed by atoms with Crippen molar-refractivity contribution in [3.8, 4) is 0 Å². The van der Waals surface area contributed by atoms with Gasteiger partial charge in [0.1, 0.15) is 6.67 Å².